The van der Waals surface area contributed by atoms with E-state index in [2.05, 4.69) is 38.1 Å². The summed E-state index contributed by atoms with van der Waals surface area (Å²) in [6.07, 6.45) is 4.87. The molecular formula is C23H20ClFN6. The van der Waals surface area contributed by atoms with Crippen molar-refractivity contribution in [2.75, 3.05) is 25.0 Å². The molecule has 3 aromatic heterocycles. The average Bonchev–Trinajstić information content (AvgIpc) is 3.50. The minimum atomic E-state index is -0.378. The normalized spacial score (nSPS) is 20.8. The summed E-state index contributed by atoms with van der Waals surface area (Å²) in [6, 6.07) is 11.5. The van der Waals surface area contributed by atoms with E-state index in [0.29, 0.717) is 34.1 Å². The van der Waals surface area contributed by atoms with Crippen LogP contribution in [0.2, 0.25) is 5.02 Å². The molecule has 0 saturated carbocycles. The van der Waals surface area contributed by atoms with Gasteiger partial charge < -0.3 is 4.90 Å². The molecule has 0 aliphatic carbocycles. The molecule has 2 bridgehead atoms. The Hall–Kier alpha value is -3.03. The molecule has 2 aliphatic heterocycles. The van der Waals surface area contributed by atoms with Crippen molar-refractivity contribution in [2.45, 2.75) is 18.5 Å². The van der Waals surface area contributed by atoms with Gasteiger partial charge in [0.2, 0.25) is 0 Å². The van der Waals surface area contributed by atoms with Crippen LogP contribution in [0.1, 0.15) is 6.42 Å². The number of aromatic nitrogens is 4. The number of hydrogen-bond donors (Lipinski definition) is 1. The van der Waals surface area contributed by atoms with E-state index in [-0.39, 0.29) is 5.82 Å². The van der Waals surface area contributed by atoms with E-state index in [9.17, 15) is 4.39 Å². The maximum absolute atomic E-state index is 14.5. The monoisotopic (exact) mass is 434 g/mol. The van der Waals surface area contributed by atoms with Gasteiger partial charge in [-0.3, -0.25) is 15.0 Å². The summed E-state index contributed by atoms with van der Waals surface area (Å²) in [6.45, 7) is 2.10. The predicted octanol–water partition coefficient (Wildman–Crippen LogP) is 4.37. The van der Waals surface area contributed by atoms with E-state index >= 15 is 0 Å². The van der Waals surface area contributed by atoms with Crippen LogP contribution in [-0.4, -0.2) is 57.3 Å². The van der Waals surface area contributed by atoms with Gasteiger partial charge in [0.05, 0.1) is 28.6 Å². The molecule has 1 aromatic carbocycles. The summed E-state index contributed by atoms with van der Waals surface area (Å²) in [5.41, 5.74) is 4.99. The average molecular weight is 435 g/mol. The van der Waals surface area contributed by atoms with Crippen LogP contribution in [0.4, 0.5) is 10.1 Å². The topological polar surface area (TPSA) is 60.9 Å². The van der Waals surface area contributed by atoms with Gasteiger partial charge in [0.25, 0.3) is 0 Å². The van der Waals surface area contributed by atoms with Crippen molar-refractivity contribution >= 4 is 28.3 Å². The Kier molecular flexibility index (Phi) is 4.23. The molecule has 4 aromatic rings. The van der Waals surface area contributed by atoms with Crippen molar-refractivity contribution < 1.29 is 4.39 Å². The lowest BCUT2D eigenvalue weighted by Gasteiger charge is -2.33. The zero-order chi connectivity index (χ0) is 21.1. The third kappa shape index (κ3) is 3.07. The fourth-order valence-electron chi connectivity index (χ4n) is 4.85. The Balaban J connectivity index is 1.40. The highest BCUT2D eigenvalue weighted by atomic mass is 35.5. The van der Waals surface area contributed by atoms with E-state index in [1.54, 1.807) is 12.3 Å². The number of piperazine rings is 1. The van der Waals surface area contributed by atoms with Gasteiger partial charge in [-0.15, -0.1) is 0 Å². The first-order chi connectivity index (χ1) is 15.1. The van der Waals surface area contributed by atoms with E-state index in [0.717, 1.165) is 35.4 Å². The minimum absolute atomic E-state index is 0.342. The van der Waals surface area contributed by atoms with E-state index in [4.69, 9.17) is 16.6 Å². The van der Waals surface area contributed by atoms with Crippen molar-refractivity contribution in [1.29, 1.82) is 0 Å². The first kappa shape index (κ1) is 18.7. The van der Waals surface area contributed by atoms with Gasteiger partial charge in [-0.25, -0.2) is 9.37 Å². The number of hydrogen-bond acceptors (Lipinski definition) is 5. The lowest BCUT2D eigenvalue weighted by atomic mass is 10.0. The highest BCUT2D eigenvalue weighted by Gasteiger charge is 2.41. The summed E-state index contributed by atoms with van der Waals surface area (Å²) in [7, 11) is 2.19. The minimum Gasteiger partial charge on any atom is -0.364 e. The summed E-state index contributed by atoms with van der Waals surface area (Å²) < 4.78 is 14.5. The second-order valence-electron chi connectivity index (χ2n) is 8.34. The van der Waals surface area contributed by atoms with Gasteiger partial charge in [0.15, 0.2) is 0 Å². The van der Waals surface area contributed by atoms with Crippen molar-refractivity contribution in [2.24, 2.45) is 0 Å². The third-order valence-electron chi connectivity index (χ3n) is 6.47. The Morgan fingerprint density at radius 2 is 1.97 bits per heavy atom. The zero-order valence-electron chi connectivity index (χ0n) is 16.9. The molecule has 0 spiro atoms. The van der Waals surface area contributed by atoms with Crippen LogP contribution >= 0.6 is 11.6 Å². The number of likely N-dealkylation sites (N-methyl/N-ethyl adjacent to an activating group) is 1. The fourth-order valence-corrected chi connectivity index (χ4v) is 5.03. The van der Waals surface area contributed by atoms with Crippen LogP contribution in [0, 0.1) is 5.82 Å². The van der Waals surface area contributed by atoms with Crippen LogP contribution in [0.25, 0.3) is 33.5 Å². The number of fused-ring (bicyclic) bond motifs is 3. The molecule has 6 rings (SSSR count). The van der Waals surface area contributed by atoms with Crippen LogP contribution in [0.5, 0.6) is 0 Å². The van der Waals surface area contributed by atoms with Gasteiger partial charge in [0, 0.05) is 47.5 Å². The number of H-pyrrole nitrogens is 1. The number of halogens is 2. The Morgan fingerprint density at radius 3 is 2.77 bits per heavy atom. The smallest absolute Gasteiger partial charge is 0.132 e. The molecule has 31 heavy (non-hydrogen) atoms. The van der Waals surface area contributed by atoms with Crippen molar-refractivity contribution in [3.05, 3.63) is 59.6 Å². The molecule has 6 nitrogen and oxygen atoms in total. The van der Waals surface area contributed by atoms with Gasteiger partial charge in [0.1, 0.15) is 11.5 Å². The van der Waals surface area contributed by atoms with Gasteiger partial charge in [-0.05, 0) is 49.9 Å². The Bertz CT molecular complexity index is 1300. The van der Waals surface area contributed by atoms with E-state index in [1.165, 1.54) is 18.6 Å². The summed E-state index contributed by atoms with van der Waals surface area (Å²) in [5, 5.41) is 7.56. The largest absolute Gasteiger partial charge is 0.364 e. The molecule has 2 aliphatic rings. The van der Waals surface area contributed by atoms with Gasteiger partial charge >= 0.3 is 0 Å². The highest BCUT2D eigenvalue weighted by molar-refractivity contribution is 6.30. The number of aromatic amines is 1. The molecule has 0 unspecified atom stereocenters. The van der Waals surface area contributed by atoms with Crippen LogP contribution in [0.15, 0.2) is 48.8 Å². The number of rotatable bonds is 3. The van der Waals surface area contributed by atoms with Crippen molar-refractivity contribution in [3.8, 4) is 22.5 Å². The number of nitrogens with one attached hydrogen (secondary N) is 1. The standard InChI is InChI=1S/C23H20ClFN6/c1-30-11-16-7-15(30)12-31(16)14-8-22-21(26-9-14)5-4-20(28-22)18-10-27-29-23(18)17-6-13(24)2-3-19(17)25/h2-6,8-10,15-16H,7,11-12H2,1H3,(H,27,29)/t15-,16-/m1/s1. The lowest BCUT2D eigenvalue weighted by Crippen LogP contribution is -2.44. The van der Waals surface area contributed by atoms with Crippen LogP contribution in [0.3, 0.4) is 0 Å². The molecule has 2 atom stereocenters. The molecule has 8 heteroatoms. The molecule has 2 saturated heterocycles. The molecule has 2 fully saturated rings. The van der Waals surface area contributed by atoms with Crippen molar-refractivity contribution in [1.82, 2.24) is 25.1 Å². The number of likely N-dealkylation sites (tertiary alicyclic amines) is 1. The predicted molar refractivity (Wildman–Crippen MR) is 120 cm³/mol. The third-order valence-corrected chi connectivity index (χ3v) is 6.70. The number of benzene rings is 1. The van der Waals surface area contributed by atoms with Crippen molar-refractivity contribution in [3.63, 3.8) is 0 Å². The number of pyridine rings is 2. The SMILES string of the molecule is CN1C[C@H]2C[C@@H]1CN2c1cnc2ccc(-c3c[nH]nc3-c3cc(Cl)ccc3F)nc2c1. The number of anilines is 1. The molecule has 0 radical (unpaired) electrons. The quantitative estimate of drug-likeness (QED) is 0.518. The highest BCUT2D eigenvalue weighted by Crippen LogP contribution is 2.36. The first-order valence-electron chi connectivity index (χ1n) is 10.3. The maximum atomic E-state index is 14.5. The maximum Gasteiger partial charge on any atom is 0.132 e. The molecule has 1 N–H and O–H groups in total. The molecule has 0 amide bonds. The lowest BCUT2D eigenvalue weighted by molar-refractivity contribution is 0.292. The van der Waals surface area contributed by atoms with E-state index < -0.39 is 0 Å². The molecule has 156 valence electrons. The van der Waals surface area contributed by atoms with E-state index in [1.807, 2.05) is 18.3 Å². The Morgan fingerprint density at radius 1 is 1.06 bits per heavy atom. The second kappa shape index (κ2) is 7.00. The first-order valence-corrected chi connectivity index (χ1v) is 10.7. The number of nitrogens with zero attached hydrogens (tertiary/aromatic N) is 5. The summed E-state index contributed by atoms with van der Waals surface area (Å²) in [5.74, 6) is -0.378. The van der Waals surface area contributed by atoms with Crippen LogP contribution < -0.4 is 4.90 Å². The summed E-state index contributed by atoms with van der Waals surface area (Å²) >= 11 is 6.09. The van der Waals surface area contributed by atoms with Gasteiger partial charge in [-0.1, -0.05) is 11.6 Å². The Labute approximate surface area is 183 Å². The van der Waals surface area contributed by atoms with Crippen LogP contribution in [-0.2, 0) is 0 Å². The summed E-state index contributed by atoms with van der Waals surface area (Å²) in [4.78, 5) is 14.4. The zero-order valence-corrected chi connectivity index (χ0v) is 17.6. The molecular weight excluding hydrogens is 415 g/mol. The second-order valence-corrected chi connectivity index (χ2v) is 8.77. The molecule has 5 heterocycles. The van der Waals surface area contributed by atoms with Gasteiger partial charge in [-0.2, -0.15) is 5.10 Å². The fraction of sp³-hybridized carbons (Fsp3) is 0.261.